The van der Waals surface area contributed by atoms with Crippen LogP contribution in [-0.2, 0) is 4.79 Å². The standard InChI is InChI=1S/C33H45NO2S/c1-9-15-27(11-3)21-31(33(35)34(12-4)20-10-2)30-22-28(19-18-25(30)7)36-23-26(8)37-32-17-14-13-16-29(32)24(5)6/h13-19,21-22,24H,8-12,20,23H2,1-7H3/b27-15+,31-21+. The highest BCUT2D eigenvalue weighted by atomic mass is 32.2. The number of rotatable bonds is 14. The van der Waals surface area contributed by atoms with Gasteiger partial charge in [-0.25, -0.2) is 0 Å². The minimum absolute atomic E-state index is 0.0744. The molecule has 0 saturated carbocycles. The van der Waals surface area contributed by atoms with Gasteiger partial charge >= 0.3 is 0 Å². The molecule has 0 aliphatic carbocycles. The number of thioether (sulfide) groups is 1. The third kappa shape index (κ3) is 8.96. The molecule has 0 heterocycles. The number of nitrogens with zero attached hydrogens (tertiary/aromatic N) is 1. The minimum Gasteiger partial charge on any atom is -0.488 e. The third-order valence-electron chi connectivity index (χ3n) is 6.29. The molecule has 2 rings (SSSR count). The van der Waals surface area contributed by atoms with Gasteiger partial charge in [0, 0.05) is 28.5 Å². The Morgan fingerprint density at radius 1 is 1.11 bits per heavy atom. The summed E-state index contributed by atoms with van der Waals surface area (Å²) in [5, 5.41) is 0. The van der Waals surface area contributed by atoms with Gasteiger partial charge in [-0.1, -0.05) is 88.9 Å². The van der Waals surface area contributed by atoms with E-state index in [0.29, 0.717) is 19.1 Å². The maximum Gasteiger partial charge on any atom is 0.254 e. The van der Waals surface area contributed by atoms with Crippen LogP contribution in [0, 0.1) is 6.92 Å². The van der Waals surface area contributed by atoms with E-state index in [1.807, 2.05) is 30.0 Å². The minimum atomic E-state index is 0.0744. The van der Waals surface area contributed by atoms with E-state index in [9.17, 15) is 4.79 Å². The van der Waals surface area contributed by atoms with Crippen molar-refractivity contribution in [1.82, 2.24) is 4.90 Å². The Labute approximate surface area is 229 Å². The SMILES string of the molecule is C=C(COc1ccc(C)c(/C(=C\C(=C\CC)CC)C(=O)N(CC)CCC)c1)Sc1ccccc1C(C)C. The number of allylic oxidation sites excluding steroid dienone is 3. The lowest BCUT2D eigenvalue weighted by atomic mass is 9.95. The summed E-state index contributed by atoms with van der Waals surface area (Å²) in [5.74, 6) is 1.27. The van der Waals surface area contributed by atoms with Crippen LogP contribution in [0.1, 0.15) is 83.4 Å². The molecule has 0 N–H and O–H groups in total. The molecule has 0 radical (unpaired) electrons. The van der Waals surface area contributed by atoms with Crippen molar-refractivity contribution >= 4 is 23.2 Å². The molecule has 0 aliphatic heterocycles. The van der Waals surface area contributed by atoms with E-state index < -0.39 is 0 Å². The molecule has 0 fully saturated rings. The predicted octanol–water partition coefficient (Wildman–Crippen LogP) is 9.19. The zero-order valence-electron chi connectivity index (χ0n) is 23.9. The molecule has 2 aromatic rings. The zero-order chi connectivity index (χ0) is 27.4. The van der Waals surface area contributed by atoms with E-state index in [2.05, 4.69) is 84.5 Å². The van der Waals surface area contributed by atoms with Gasteiger partial charge in [0.2, 0.25) is 0 Å². The van der Waals surface area contributed by atoms with Gasteiger partial charge < -0.3 is 9.64 Å². The highest BCUT2D eigenvalue weighted by Crippen LogP contribution is 2.33. The fourth-order valence-electron chi connectivity index (χ4n) is 4.23. The molecular weight excluding hydrogens is 474 g/mol. The molecule has 200 valence electrons. The largest absolute Gasteiger partial charge is 0.488 e. The topological polar surface area (TPSA) is 29.5 Å². The summed E-state index contributed by atoms with van der Waals surface area (Å²) in [6, 6.07) is 14.5. The number of carbonyl (C=O) groups excluding carboxylic acids is 1. The first-order valence-corrected chi connectivity index (χ1v) is 14.4. The summed E-state index contributed by atoms with van der Waals surface area (Å²) >= 11 is 1.67. The second-order valence-electron chi connectivity index (χ2n) is 9.58. The summed E-state index contributed by atoms with van der Waals surface area (Å²) in [6.07, 6.45) is 7.04. The Morgan fingerprint density at radius 3 is 2.46 bits per heavy atom. The molecule has 1 amide bonds. The molecular formula is C33H45NO2S. The Bertz CT molecular complexity index is 1110. The van der Waals surface area contributed by atoms with Gasteiger partial charge in [-0.05, 0) is 80.0 Å². The van der Waals surface area contributed by atoms with Gasteiger partial charge in [-0.15, -0.1) is 0 Å². The summed E-state index contributed by atoms with van der Waals surface area (Å²) in [5.41, 5.74) is 5.22. The number of aryl methyl sites for hydroxylation is 1. The average Bonchev–Trinajstić information content (AvgIpc) is 2.89. The van der Waals surface area contributed by atoms with Crippen molar-refractivity contribution in [3.63, 3.8) is 0 Å². The van der Waals surface area contributed by atoms with Crippen LogP contribution < -0.4 is 4.74 Å². The Hall–Kier alpha value is -2.72. The summed E-state index contributed by atoms with van der Waals surface area (Å²) < 4.78 is 6.19. The molecule has 0 aliphatic rings. The van der Waals surface area contributed by atoms with Crippen LogP contribution in [0.3, 0.4) is 0 Å². The highest BCUT2D eigenvalue weighted by molar-refractivity contribution is 8.03. The van der Waals surface area contributed by atoms with Crippen LogP contribution in [-0.4, -0.2) is 30.5 Å². The smallest absolute Gasteiger partial charge is 0.254 e. The van der Waals surface area contributed by atoms with Crippen molar-refractivity contribution in [3.8, 4) is 5.75 Å². The highest BCUT2D eigenvalue weighted by Gasteiger charge is 2.20. The van der Waals surface area contributed by atoms with E-state index in [1.165, 1.54) is 16.0 Å². The normalized spacial score (nSPS) is 12.1. The van der Waals surface area contributed by atoms with Crippen molar-refractivity contribution in [1.29, 1.82) is 0 Å². The fourth-order valence-corrected chi connectivity index (χ4v) is 5.23. The average molecular weight is 520 g/mol. The first-order valence-electron chi connectivity index (χ1n) is 13.6. The number of hydrogen-bond donors (Lipinski definition) is 0. The Morgan fingerprint density at radius 2 is 1.84 bits per heavy atom. The van der Waals surface area contributed by atoms with E-state index in [1.54, 1.807) is 11.8 Å². The van der Waals surface area contributed by atoms with E-state index in [-0.39, 0.29) is 5.91 Å². The van der Waals surface area contributed by atoms with Crippen LogP contribution in [0.5, 0.6) is 5.75 Å². The monoisotopic (exact) mass is 519 g/mol. The van der Waals surface area contributed by atoms with Gasteiger partial charge in [0.25, 0.3) is 5.91 Å². The number of hydrogen-bond acceptors (Lipinski definition) is 3. The first kappa shape index (κ1) is 30.5. The zero-order valence-corrected chi connectivity index (χ0v) is 24.7. The number of ether oxygens (including phenoxy) is 1. The fraction of sp³-hybridized carbons (Fsp3) is 0.424. The maximum absolute atomic E-state index is 13.7. The van der Waals surface area contributed by atoms with Crippen molar-refractivity contribution in [2.75, 3.05) is 19.7 Å². The predicted molar refractivity (Wildman–Crippen MR) is 161 cm³/mol. The second kappa shape index (κ2) is 15.5. The number of likely N-dealkylation sites (N-methyl/N-ethyl adjacent to an activating group) is 1. The van der Waals surface area contributed by atoms with Gasteiger partial charge in [0.1, 0.15) is 12.4 Å². The summed E-state index contributed by atoms with van der Waals surface area (Å²) in [7, 11) is 0. The maximum atomic E-state index is 13.7. The lowest BCUT2D eigenvalue weighted by Crippen LogP contribution is -2.32. The molecule has 0 aromatic heterocycles. The van der Waals surface area contributed by atoms with Crippen LogP contribution in [0.2, 0.25) is 0 Å². The van der Waals surface area contributed by atoms with Crippen molar-refractivity contribution < 1.29 is 9.53 Å². The van der Waals surface area contributed by atoms with E-state index in [0.717, 1.165) is 53.2 Å². The molecule has 37 heavy (non-hydrogen) atoms. The number of benzene rings is 2. The van der Waals surface area contributed by atoms with E-state index in [4.69, 9.17) is 4.74 Å². The molecule has 3 nitrogen and oxygen atoms in total. The molecule has 0 spiro atoms. The van der Waals surface area contributed by atoms with Crippen molar-refractivity contribution in [2.45, 2.75) is 78.5 Å². The summed E-state index contributed by atoms with van der Waals surface area (Å²) in [6.45, 7) is 21.0. The van der Waals surface area contributed by atoms with Crippen LogP contribution in [0.4, 0.5) is 0 Å². The van der Waals surface area contributed by atoms with Gasteiger partial charge in [0.05, 0.1) is 0 Å². The lowest BCUT2D eigenvalue weighted by molar-refractivity contribution is -0.124. The summed E-state index contributed by atoms with van der Waals surface area (Å²) in [4.78, 5) is 17.8. The molecule has 4 heteroatoms. The van der Waals surface area contributed by atoms with Crippen molar-refractivity contribution in [2.24, 2.45) is 0 Å². The second-order valence-corrected chi connectivity index (χ2v) is 10.8. The van der Waals surface area contributed by atoms with Crippen LogP contribution >= 0.6 is 11.8 Å². The van der Waals surface area contributed by atoms with E-state index >= 15 is 0 Å². The quantitative estimate of drug-likeness (QED) is 0.141. The number of amides is 1. The van der Waals surface area contributed by atoms with Crippen LogP contribution in [0.25, 0.3) is 5.57 Å². The molecule has 0 atom stereocenters. The third-order valence-corrected chi connectivity index (χ3v) is 7.29. The molecule has 0 unspecified atom stereocenters. The van der Waals surface area contributed by atoms with Crippen molar-refractivity contribution in [3.05, 3.63) is 88.4 Å². The van der Waals surface area contributed by atoms with Gasteiger partial charge in [0.15, 0.2) is 0 Å². The lowest BCUT2D eigenvalue weighted by Gasteiger charge is -2.23. The number of carbonyl (C=O) groups is 1. The van der Waals surface area contributed by atoms with Gasteiger partial charge in [-0.2, -0.15) is 0 Å². The van der Waals surface area contributed by atoms with Crippen LogP contribution in [0.15, 0.2) is 76.6 Å². The Kier molecular flexibility index (Phi) is 12.8. The molecule has 0 bridgehead atoms. The van der Waals surface area contributed by atoms with Gasteiger partial charge in [-0.3, -0.25) is 4.79 Å². The molecule has 2 aromatic carbocycles. The first-order chi connectivity index (χ1) is 17.7. The Balaban J connectivity index is 2.34. The molecule has 0 saturated heterocycles.